The molecule has 17 heavy (non-hydrogen) atoms. The van der Waals surface area contributed by atoms with E-state index in [1.54, 1.807) is 6.07 Å². The van der Waals surface area contributed by atoms with Gasteiger partial charge in [-0.3, -0.25) is 0 Å². The topological polar surface area (TPSA) is 84.8 Å². The number of nitriles is 1. The number of aryl methyl sites for hydroxylation is 1. The minimum Gasteiger partial charge on any atom is -0.435 e. The third-order valence-corrected chi connectivity index (χ3v) is 2.24. The van der Waals surface area contributed by atoms with Gasteiger partial charge in [0.25, 0.3) is 0 Å². The van der Waals surface area contributed by atoms with Gasteiger partial charge in [0.15, 0.2) is 11.4 Å². The number of nitrogens with two attached hydrogens (primary N) is 1. The zero-order valence-electron chi connectivity index (χ0n) is 9.21. The molecule has 1 heterocycles. The van der Waals surface area contributed by atoms with E-state index in [1.807, 2.05) is 25.1 Å². The quantitative estimate of drug-likeness (QED) is 0.792. The molecule has 2 N–H and O–H groups in total. The Balaban J connectivity index is 2.26. The second-order valence-electron chi connectivity index (χ2n) is 3.44. The van der Waals surface area contributed by atoms with Crippen molar-refractivity contribution in [3.05, 3.63) is 41.9 Å². The van der Waals surface area contributed by atoms with Crippen LogP contribution < -0.4 is 10.5 Å². The fourth-order valence-corrected chi connectivity index (χ4v) is 1.28. The molecule has 0 aliphatic carbocycles. The number of anilines is 1. The average Bonchev–Trinajstić information content (AvgIpc) is 2.36. The zero-order chi connectivity index (χ0) is 12.3. The number of benzene rings is 1. The summed E-state index contributed by atoms with van der Waals surface area (Å²) in [4.78, 5) is 7.81. The molecule has 2 aromatic rings. The van der Waals surface area contributed by atoms with Gasteiger partial charge in [0, 0.05) is 0 Å². The summed E-state index contributed by atoms with van der Waals surface area (Å²) in [5.41, 5.74) is 7.61. The molecule has 1 aromatic heterocycles. The summed E-state index contributed by atoms with van der Waals surface area (Å²) in [6.45, 7) is 1.90. The molecule has 5 heteroatoms. The second kappa shape index (κ2) is 4.49. The Morgan fingerprint density at radius 3 is 2.76 bits per heavy atom. The third-order valence-electron chi connectivity index (χ3n) is 2.24. The predicted molar refractivity (Wildman–Crippen MR) is 62.4 cm³/mol. The van der Waals surface area contributed by atoms with Gasteiger partial charge >= 0.3 is 0 Å². The van der Waals surface area contributed by atoms with E-state index in [2.05, 4.69) is 9.97 Å². The molecule has 0 fully saturated rings. The molecular formula is C12H10N4O. The summed E-state index contributed by atoms with van der Waals surface area (Å²) in [5.74, 6) is 0.838. The van der Waals surface area contributed by atoms with Crippen molar-refractivity contribution in [1.82, 2.24) is 9.97 Å². The van der Waals surface area contributed by atoms with Gasteiger partial charge in [-0.1, -0.05) is 12.1 Å². The first-order chi connectivity index (χ1) is 8.20. The van der Waals surface area contributed by atoms with Crippen LogP contribution in [-0.2, 0) is 0 Å². The van der Waals surface area contributed by atoms with Crippen LogP contribution in [0.15, 0.2) is 30.6 Å². The molecule has 5 nitrogen and oxygen atoms in total. The van der Waals surface area contributed by atoms with Gasteiger partial charge in [0.2, 0.25) is 5.88 Å². The SMILES string of the molecule is Cc1cccc(Oc2cnc(C#N)cn2)c1N. The Kier molecular flexibility index (Phi) is 2.88. The Morgan fingerprint density at radius 2 is 2.12 bits per heavy atom. The summed E-state index contributed by atoms with van der Waals surface area (Å²) in [6, 6.07) is 7.38. The van der Waals surface area contributed by atoms with Crippen molar-refractivity contribution in [1.29, 1.82) is 5.26 Å². The maximum absolute atomic E-state index is 8.59. The molecule has 0 amide bonds. The maximum atomic E-state index is 8.59. The molecule has 84 valence electrons. The molecule has 0 aliphatic rings. The highest BCUT2D eigenvalue weighted by Crippen LogP contribution is 2.28. The van der Waals surface area contributed by atoms with Crippen molar-refractivity contribution >= 4 is 5.69 Å². The fourth-order valence-electron chi connectivity index (χ4n) is 1.28. The summed E-state index contributed by atoms with van der Waals surface area (Å²) in [6.07, 6.45) is 2.74. The molecule has 0 bridgehead atoms. The van der Waals surface area contributed by atoms with E-state index in [4.69, 9.17) is 15.7 Å². The highest BCUT2D eigenvalue weighted by molar-refractivity contribution is 5.58. The van der Waals surface area contributed by atoms with Crippen molar-refractivity contribution in [3.63, 3.8) is 0 Å². The van der Waals surface area contributed by atoms with Crippen LogP contribution in [-0.4, -0.2) is 9.97 Å². The number of nitrogen functional groups attached to an aromatic ring is 1. The van der Waals surface area contributed by atoms with E-state index in [0.29, 0.717) is 17.3 Å². The van der Waals surface area contributed by atoms with Crippen molar-refractivity contribution in [2.75, 3.05) is 5.73 Å². The Hall–Kier alpha value is -2.61. The summed E-state index contributed by atoms with van der Waals surface area (Å²) in [5, 5.41) is 8.59. The smallest absolute Gasteiger partial charge is 0.238 e. The molecule has 1 aromatic carbocycles. The monoisotopic (exact) mass is 226 g/mol. The lowest BCUT2D eigenvalue weighted by Crippen LogP contribution is -1.96. The van der Waals surface area contributed by atoms with Gasteiger partial charge in [-0.15, -0.1) is 0 Å². The number of nitrogens with zero attached hydrogens (tertiary/aromatic N) is 3. The van der Waals surface area contributed by atoms with Gasteiger partial charge in [-0.2, -0.15) is 5.26 Å². The molecule has 0 unspecified atom stereocenters. The second-order valence-corrected chi connectivity index (χ2v) is 3.44. The normalized spacial score (nSPS) is 9.65. The highest BCUT2D eigenvalue weighted by Gasteiger charge is 2.05. The molecule has 2 rings (SSSR count). The first kappa shape index (κ1) is 10.9. The summed E-state index contributed by atoms with van der Waals surface area (Å²) >= 11 is 0. The van der Waals surface area contributed by atoms with E-state index >= 15 is 0 Å². The minimum absolute atomic E-state index is 0.245. The van der Waals surface area contributed by atoms with Crippen molar-refractivity contribution < 1.29 is 4.74 Å². The predicted octanol–water partition coefficient (Wildman–Crippen LogP) is 2.03. The summed E-state index contributed by atoms with van der Waals surface area (Å²) < 4.78 is 5.48. The Bertz CT molecular complexity index is 572. The summed E-state index contributed by atoms with van der Waals surface area (Å²) in [7, 11) is 0. The first-order valence-corrected chi connectivity index (χ1v) is 4.96. The van der Waals surface area contributed by atoms with E-state index in [1.165, 1.54) is 12.4 Å². The van der Waals surface area contributed by atoms with E-state index in [-0.39, 0.29) is 5.69 Å². The Morgan fingerprint density at radius 1 is 1.29 bits per heavy atom. The zero-order valence-corrected chi connectivity index (χ0v) is 9.21. The standard InChI is InChI=1S/C12H10N4O/c1-8-3-2-4-10(12(8)14)17-11-7-15-9(5-13)6-16-11/h2-4,6-7H,14H2,1H3. The number of para-hydroxylation sites is 1. The molecule has 0 aliphatic heterocycles. The van der Waals surface area contributed by atoms with Crippen LogP contribution in [0, 0.1) is 18.3 Å². The van der Waals surface area contributed by atoms with Crippen molar-refractivity contribution in [3.8, 4) is 17.7 Å². The maximum Gasteiger partial charge on any atom is 0.238 e. The lowest BCUT2D eigenvalue weighted by molar-refractivity contribution is 0.462. The van der Waals surface area contributed by atoms with Crippen LogP contribution in [0.3, 0.4) is 0 Å². The number of ether oxygens (including phenoxy) is 1. The lowest BCUT2D eigenvalue weighted by Gasteiger charge is -2.08. The van der Waals surface area contributed by atoms with Crippen LogP contribution >= 0.6 is 0 Å². The molecule has 0 spiro atoms. The minimum atomic E-state index is 0.245. The van der Waals surface area contributed by atoms with Crippen LogP contribution in [0.25, 0.3) is 0 Å². The molecule has 0 saturated heterocycles. The molecule has 0 radical (unpaired) electrons. The number of aromatic nitrogens is 2. The van der Waals surface area contributed by atoms with E-state index in [0.717, 1.165) is 5.56 Å². The lowest BCUT2D eigenvalue weighted by atomic mass is 10.2. The Labute approximate surface area is 98.5 Å². The van der Waals surface area contributed by atoms with E-state index in [9.17, 15) is 0 Å². The van der Waals surface area contributed by atoms with Gasteiger partial charge < -0.3 is 10.5 Å². The third kappa shape index (κ3) is 2.32. The van der Waals surface area contributed by atoms with Crippen LogP contribution in [0.4, 0.5) is 5.69 Å². The van der Waals surface area contributed by atoms with E-state index < -0.39 is 0 Å². The largest absolute Gasteiger partial charge is 0.435 e. The van der Waals surface area contributed by atoms with Crippen LogP contribution in [0.1, 0.15) is 11.3 Å². The van der Waals surface area contributed by atoms with Crippen molar-refractivity contribution in [2.24, 2.45) is 0 Å². The van der Waals surface area contributed by atoms with Gasteiger partial charge in [0.1, 0.15) is 6.07 Å². The van der Waals surface area contributed by atoms with Gasteiger partial charge in [-0.25, -0.2) is 9.97 Å². The highest BCUT2D eigenvalue weighted by atomic mass is 16.5. The average molecular weight is 226 g/mol. The molecular weight excluding hydrogens is 216 g/mol. The first-order valence-electron chi connectivity index (χ1n) is 4.96. The number of rotatable bonds is 2. The van der Waals surface area contributed by atoms with Crippen molar-refractivity contribution in [2.45, 2.75) is 6.92 Å². The number of hydrogen-bond donors (Lipinski definition) is 1. The van der Waals surface area contributed by atoms with Gasteiger partial charge in [-0.05, 0) is 18.6 Å². The molecule has 0 saturated carbocycles. The fraction of sp³-hybridized carbons (Fsp3) is 0.0833. The number of hydrogen-bond acceptors (Lipinski definition) is 5. The van der Waals surface area contributed by atoms with Crippen LogP contribution in [0.2, 0.25) is 0 Å². The van der Waals surface area contributed by atoms with Crippen LogP contribution in [0.5, 0.6) is 11.6 Å². The molecule has 0 atom stereocenters. The van der Waals surface area contributed by atoms with Gasteiger partial charge in [0.05, 0.1) is 18.1 Å².